The van der Waals surface area contributed by atoms with Crippen molar-refractivity contribution in [3.8, 4) is 0 Å². The molecule has 0 radical (unpaired) electrons. The van der Waals surface area contributed by atoms with Gasteiger partial charge < -0.3 is 30.6 Å². The summed E-state index contributed by atoms with van der Waals surface area (Å²) in [5.41, 5.74) is 0.629. The van der Waals surface area contributed by atoms with Crippen LogP contribution in [-0.4, -0.2) is 61.7 Å². The van der Waals surface area contributed by atoms with Crippen LogP contribution in [0.2, 0.25) is 0 Å². The highest BCUT2D eigenvalue weighted by atomic mass is 16.4. The van der Waals surface area contributed by atoms with E-state index in [0.29, 0.717) is 5.56 Å². The number of benzene rings is 2. The van der Waals surface area contributed by atoms with Gasteiger partial charge >= 0.3 is 0 Å². The third-order valence-electron chi connectivity index (χ3n) is 3.68. The van der Waals surface area contributed by atoms with Gasteiger partial charge in [0.2, 0.25) is 0 Å². The first-order valence-electron chi connectivity index (χ1n) is 7.17. The van der Waals surface area contributed by atoms with Gasteiger partial charge in [-0.05, 0) is 22.4 Å². The van der Waals surface area contributed by atoms with E-state index in [1.165, 1.54) is 6.08 Å². The van der Waals surface area contributed by atoms with Crippen molar-refractivity contribution >= 4 is 16.8 Å². The monoisotopic (exact) mass is 320 g/mol. The molecule has 0 saturated carbocycles. The molecule has 2 rings (SSSR count). The van der Waals surface area contributed by atoms with Gasteiger partial charge in [0.05, 0.1) is 6.61 Å². The Morgan fingerprint density at radius 3 is 2.26 bits per heavy atom. The Morgan fingerprint density at radius 1 is 0.913 bits per heavy atom. The molecule has 6 heteroatoms. The van der Waals surface area contributed by atoms with Crippen LogP contribution in [0.3, 0.4) is 0 Å². The molecule has 0 aliphatic rings. The summed E-state index contributed by atoms with van der Waals surface area (Å²) >= 11 is 0. The van der Waals surface area contributed by atoms with Crippen molar-refractivity contribution in [1.82, 2.24) is 0 Å². The van der Waals surface area contributed by atoms with Crippen LogP contribution >= 0.6 is 0 Å². The van der Waals surface area contributed by atoms with Gasteiger partial charge in [-0.25, -0.2) is 0 Å². The van der Waals surface area contributed by atoms with Gasteiger partial charge in [0.15, 0.2) is 0 Å². The first kappa shape index (κ1) is 17.4. The Labute approximate surface area is 133 Å². The molecule has 6 N–H and O–H groups in total. The van der Waals surface area contributed by atoms with Crippen molar-refractivity contribution in [3.63, 3.8) is 0 Å². The first-order chi connectivity index (χ1) is 11.0. The van der Waals surface area contributed by atoms with E-state index in [1.54, 1.807) is 12.1 Å². The van der Waals surface area contributed by atoms with Crippen LogP contribution in [-0.2, 0) is 0 Å². The smallest absolute Gasteiger partial charge is 0.139 e. The van der Waals surface area contributed by atoms with E-state index in [1.807, 2.05) is 30.3 Å². The molecule has 0 unspecified atom stereocenters. The molecule has 4 atom stereocenters. The molecule has 0 aromatic heterocycles. The van der Waals surface area contributed by atoms with E-state index in [0.717, 1.165) is 10.8 Å². The number of hydrogen-bond donors (Lipinski definition) is 6. The molecule has 23 heavy (non-hydrogen) atoms. The second kappa shape index (κ2) is 7.54. The SMILES string of the molecule is OC[C@@H](O)[C@@H](O)[C@H](O)[C@@H](O)C(O)=Cc1cccc2ccccc12. The molecule has 0 aliphatic heterocycles. The molecule has 6 nitrogen and oxygen atoms in total. The molecule has 0 amide bonds. The van der Waals surface area contributed by atoms with Crippen molar-refractivity contribution in [2.75, 3.05) is 6.61 Å². The Morgan fingerprint density at radius 2 is 1.57 bits per heavy atom. The normalized spacial score (nSPS) is 17.7. The van der Waals surface area contributed by atoms with Gasteiger partial charge in [0.1, 0.15) is 30.2 Å². The third-order valence-corrected chi connectivity index (χ3v) is 3.68. The van der Waals surface area contributed by atoms with E-state index in [-0.39, 0.29) is 0 Å². The molecule has 0 aliphatic carbocycles. The van der Waals surface area contributed by atoms with Crippen LogP contribution in [0.15, 0.2) is 48.2 Å². The minimum absolute atomic E-state index is 0.557. The van der Waals surface area contributed by atoms with Gasteiger partial charge in [-0.2, -0.15) is 0 Å². The van der Waals surface area contributed by atoms with Crippen LogP contribution < -0.4 is 0 Å². The zero-order chi connectivity index (χ0) is 17.0. The fourth-order valence-corrected chi connectivity index (χ4v) is 2.32. The highest BCUT2D eigenvalue weighted by Gasteiger charge is 2.32. The van der Waals surface area contributed by atoms with E-state index >= 15 is 0 Å². The summed E-state index contributed by atoms with van der Waals surface area (Å²) in [5.74, 6) is -0.557. The van der Waals surface area contributed by atoms with Gasteiger partial charge in [-0.1, -0.05) is 42.5 Å². The fourth-order valence-electron chi connectivity index (χ4n) is 2.32. The maximum atomic E-state index is 10.0. The molecule has 0 saturated heterocycles. The van der Waals surface area contributed by atoms with Gasteiger partial charge in [0, 0.05) is 0 Å². The molecular formula is C17H20O6. The van der Waals surface area contributed by atoms with Gasteiger partial charge in [-0.15, -0.1) is 0 Å². The van der Waals surface area contributed by atoms with Crippen molar-refractivity contribution < 1.29 is 30.6 Å². The summed E-state index contributed by atoms with van der Waals surface area (Å²) in [4.78, 5) is 0. The number of rotatable bonds is 6. The molecule has 0 spiro atoms. The molecular weight excluding hydrogens is 300 g/mol. The highest BCUT2D eigenvalue weighted by molar-refractivity contribution is 5.90. The Hall–Kier alpha value is -1.96. The summed E-state index contributed by atoms with van der Waals surface area (Å²) < 4.78 is 0. The largest absolute Gasteiger partial charge is 0.509 e. The highest BCUT2D eigenvalue weighted by Crippen LogP contribution is 2.22. The van der Waals surface area contributed by atoms with E-state index in [9.17, 15) is 25.5 Å². The summed E-state index contributed by atoms with van der Waals surface area (Å²) in [6, 6.07) is 12.9. The van der Waals surface area contributed by atoms with Crippen molar-refractivity contribution in [2.45, 2.75) is 24.4 Å². The van der Waals surface area contributed by atoms with Crippen LogP contribution in [0.25, 0.3) is 16.8 Å². The predicted molar refractivity (Wildman–Crippen MR) is 85.7 cm³/mol. The lowest BCUT2D eigenvalue weighted by Gasteiger charge is -2.25. The minimum atomic E-state index is -1.84. The van der Waals surface area contributed by atoms with Gasteiger partial charge in [-0.3, -0.25) is 0 Å². The van der Waals surface area contributed by atoms with Crippen LogP contribution in [0, 0.1) is 0 Å². The molecule has 2 aromatic rings. The Bertz CT molecular complexity index is 678. The maximum Gasteiger partial charge on any atom is 0.139 e. The Kier molecular flexibility index (Phi) is 5.70. The zero-order valence-corrected chi connectivity index (χ0v) is 12.3. The summed E-state index contributed by atoms with van der Waals surface area (Å²) in [5, 5.41) is 59.1. The number of aliphatic hydroxyl groups excluding tert-OH is 6. The van der Waals surface area contributed by atoms with E-state index < -0.39 is 36.8 Å². The quantitative estimate of drug-likeness (QED) is 0.422. The lowest BCUT2D eigenvalue weighted by molar-refractivity contribution is -0.112. The fraction of sp³-hybridized carbons (Fsp3) is 0.294. The summed E-state index contributed by atoms with van der Waals surface area (Å²) in [7, 11) is 0. The first-order valence-corrected chi connectivity index (χ1v) is 7.17. The molecule has 0 bridgehead atoms. The van der Waals surface area contributed by atoms with Crippen LogP contribution in [0.4, 0.5) is 0 Å². The standard InChI is InChI=1S/C17H20O6/c18-9-14(20)16(22)17(23)15(21)13(19)8-11-6-3-5-10-4-1-2-7-12(10)11/h1-8,14-23H,9H2/t14-,15+,16-,17-/m1/s1. The summed E-state index contributed by atoms with van der Waals surface area (Å²) in [6.45, 7) is -0.779. The number of hydrogen-bond acceptors (Lipinski definition) is 6. The lowest BCUT2D eigenvalue weighted by Crippen LogP contribution is -2.46. The van der Waals surface area contributed by atoms with Crippen molar-refractivity contribution in [1.29, 1.82) is 0 Å². The van der Waals surface area contributed by atoms with Gasteiger partial charge in [0.25, 0.3) is 0 Å². The van der Waals surface area contributed by atoms with Crippen molar-refractivity contribution in [3.05, 3.63) is 53.8 Å². The lowest BCUT2D eigenvalue weighted by atomic mass is 9.99. The molecule has 0 fully saturated rings. The topological polar surface area (TPSA) is 121 Å². The second-order valence-corrected chi connectivity index (χ2v) is 5.31. The predicted octanol–water partition coefficient (Wildman–Crippen LogP) is 0.175. The molecule has 124 valence electrons. The zero-order valence-electron chi connectivity index (χ0n) is 12.3. The summed E-state index contributed by atoms with van der Waals surface area (Å²) in [6.07, 6.45) is -5.77. The van der Waals surface area contributed by atoms with E-state index in [2.05, 4.69) is 0 Å². The average molecular weight is 320 g/mol. The van der Waals surface area contributed by atoms with Crippen LogP contribution in [0.1, 0.15) is 5.56 Å². The third kappa shape index (κ3) is 3.87. The molecule has 2 aromatic carbocycles. The average Bonchev–Trinajstić information content (AvgIpc) is 2.59. The second-order valence-electron chi connectivity index (χ2n) is 5.31. The molecule has 0 heterocycles. The number of aliphatic hydroxyl groups is 6. The number of fused-ring (bicyclic) bond motifs is 1. The Balaban J connectivity index is 2.27. The minimum Gasteiger partial charge on any atom is -0.509 e. The van der Waals surface area contributed by atoms with Crippen LogP contribution in [0.5, 0.6) is 0 Å². The van der Waals surface area contributed by atoms with Crippen molar-refractivity contribution in [2.24, 2.45) is 0 Å². The van der Waals surface area contributed by atoms with E-state index in [4.69, 9.17) is 5.11 Å². The maximum absolute atomic E-state index is 10.0.